The molecule has 0 unspecified atom stereocenters. The topological polar surface area (TPSA) is 43.7 Å². The zero-order valence-corrected chi connectivity index (χ0v) is 10.2. The SMILES string of the molecule is CCN(CCO)Cc1ccccc1C#CCO. The van der Waals surface area contributed by atoms with Crippen LogP contribution in [0.4, 0.5) is 0 Å². The molecule has 3 heteroatoms. The molecule has 0 spiro atoms. The van der Waals surface area contributed by atoms with Gasteiger partial charge >= 0.3 is 0 Å². The van der Waals surface area contributed by atoms with Gasteiger partial charge in [-0.1, -0.05) is 37.0 Å². The molecule has 0 saturated heterocycles. The zero-order valence-electron chi connectivity index (χ0n) is 10.2. The predicted molar refractivity (Wildman–Crippen MR) is 68.4 cm³/mol. The molecule has 0 saturated carbocycles. The summed E-state index contributed by atoms with van der Waals surface area (Å²) in [7, 11) is 0. The first-order valence-corrected chi connectivity index (χ1v) is 5.82. The lowest BCUT2D eigenvalue weighted by atomic mass is 10.1. The van der Waals surface area contributed by atoms with Crippen LogP contribution in [0.2, 0.25) is 0 Å². The Kier molecular flexibility index (Phi) is 6.34. The highest BCUT2D eigenvalue weighted by Gasteiger charge is 2.05. The fraction of sp³-hybridized carbons (Fsp3) is 0.429. The van der Waals surface area contributed by atoms with Gasteiger partial charge < -0.3 is 10.2 Å². The van der Waals surface area contributed by atoms with E-state index < -0.39 is 0 Å². The van der Waals surface area contributed by atoms with Crippen molar-refractivity contribution in [3.63, 3.8) is 0 Å². The molecule has 0 heterocycles. The second-order valence-electron chi connectivity index (χ2n) is 3.71. The Morgan fingerprint density at radius 3 is 2.65 bits per heavy atom. The van der Waals surface area contributed by atoms with Crippen LogP contribution in [-0.2, 0) is 6.54 Å². The van der Waals surface area contributed by atoms with Gasteiger partial charge in [0.25, 0.3) is 0 Å². The van der Waals surface area contributed by atoms with Gasteiger partial charge in [-0.05, 0) is 18.2 Å². The van der Waals surface area contributed by atoms with Crippen LogP contribution in [-0.4, -0.2) is 41.4 Å². The third-order valence-corrected chi connectivity index (χ3v) is 2.58. The highest BCUT2D eigenvalue weighted by atomic mass is 16.3. The van der Waals surface area contributed by atoms with Crippen molar-refractivity contribution in [3.05, 3.63) is 35.4 Å². The molecule has 1 aromatic carbocycles. The molecule has 2 N–H and O–H groups in total. The van der Waals surface area contributed by atoms with E-state index in [1.165, 1.54) is 0 Å². The summed E-state index contributed by atoms with van der Waals surface area (Å²) in [5.74, 6) is 5.61. The van der Waals surface area contributed by atoms with E-state index in [1.807, 2.05) is 24.3 Å². The van der Waals surface area contributed by atoms with Crippen LogP contribution in [0.3, 0.4) is 0 Å². The van der Waals surface area contributed by atoms with Gasteiger partial charge in [0.15, 0.2) is 0 Å². The van der Waals surface area contributed by atoms with Gasteiger partial charge in [-0.3, -0.25) is 4.90 Å². The van der Waals surface area contributed by atoms with Crippen molar-refractivity contribution in [1.29, 1.82) is 0 Å². The van der Waals surface area contributed by atoms with E-state index in [0.29, 0.717) is 6.54 Å². The van der Waals surface area contributed by atoms with E-state index >= 15 is 0 Å². The molecule has 92 valence electrons. The van der Waals surface area contributed by atoms with Gasteiger partial charge in [0.2, 0.25) is 0 Å². The van der Waals surface area contributed by atoms with Gasteiger partial charge in [-0.15, -0.1) is 0 Å². The van der Waals surface area contributed by atoms with Crippen LogP contribution < -0.4 is 0 Å². The molecule has 0 fully saturated rings. The third kappa shape index (κ3) is 4.58. The Morgan fingerprint density at radius 2 is 2.00 bits per heavy atom. The fourth-order valence-corrected chi connectivity index (χ4v) is 1.65. The number of aliphatic hydroxyl groups is 2. The van der Waals surface area contributed by atoms with Crippen LogP contribution in [0.15, 0.2) is 24.3 Å². The summed E-state index contributed by atoms with van der Waals surface area (Å²) in [6.07, 6.45) is 0. The normalized spacial score (nSPS) is 10.1. The number of benzene rings is 1. The summed E-state index contributed by atoms with van der Waals surface area (Å²) in [6.45, 7) is 4.44. The first-order chi connectivity index (χ1) is 8.31. The lowest BCUT2D eigenvalue weighted by molar-refractivity contribution is 0.196. The molecule has 0 aliphatic heterocycles. The van der Waals surface area contributed by atoms with Crippen molar-refractivity contribution in [1.82, 2.24) is 4.90 Å². The minimum absolute atomic E-state index is 0.123. The van der Waals surface area contributed by atoms with Gasteiger partial charge in [-0.25, -0.2) is 0 Å². The smallest absolute Gasteiger partial charge is 0.104 e. The largest absolute Gasteiger partial charge is 0.395 e. The van der Waals surface area contributed by atoms with Crippen molar-refractivity contribution in [3.8, 4) is 11.8 Å². The third-order valence-electron chi connectivity index (χ3n) is 2.58. The Labute approximate surface area is 103 Å². The summed E-state index contributed by atoms with van der Waals surface area (Å²) in [5, 5.41) is 17.7. The van der Waals surface area contributed by atoms with Gasteiger partial charge in [0, 0.05) is 18.7 Å². The second kappa shape index (κ2) is 7.86. The molecule has 3 nitrogen and oxygen atoms in total. The maximum absolute atomic E-state index is 8.95. The molecule has 17 heavy (non-hydrogen) atoms. The van der Waals surface area contributed by atoms with E-state index in [0.717, 1.165) is 24.2 Å². The van der Waals surface area contributed by atoms with Crippen molar-refractivity contribution < 1.29 is 10.2 Å². The molecule has 1 aromatic rings. The number of likely N-dealkylation sites (N-methyl/N-ethyl adjacent to an activating group) is 1. The number of nitrogens with zero attached hydrogens (tertiary/aromatic N) is 1. The summed E-state index contributed by atoms with van der Waals surface area (Å²) in [6, 6.07) is 7.89. The molecular formula is C14H19NO2. The molecule has 0 bridgehead atoms. The Morgan fingerprint density at radius 1 is 1.24 bits per heavy atom. The van der Waals surface area contributed by atoms with Gasteiger partial charge in [-0.2, -0.15) is 0 Å². The lowest BCUT2D eigenvalue weighted by Gasteiger charge is -2.19. The van der Waals surface area contributed by atoms with Crippen LogP contribution in [0.5, 0.6) is 0 Å². The van der Waals surface area contributed by atoms with Crippen LogP contribution in [0.25, 0.3) is 0 Å². The van der Waals surface area contributed by atoms with Gasteiger partial charge in [0.05, 0.1) is 6.61 Å². The minimum atomic E-state index is -0.123. The summed E-state index contributed by atoms with van der Waals surface area (Å²) in [4.78, 5) is 2.15. The minimum Gasteiger partial charge on any atom is -0.395 e. The number of hydrogen-bond donors (Lipinski definition) is 2. The average molecular weight is 233 g/mol. The summed E-state index contributed by atoms with van der Waals surface area (Å²) >= 11 is 0. The molecule has 0 aliphatic carbocycles. The Hall–Kier alpha value is -1.34. The van der Waals surface area contributed by atoms with E-state index in [-0.39, 0.29) is 13.2 Å². The summed E-state index contributed by atoms with van der Waals surface area (Å²) in [5.41, 5.74) is 2.07. The molecule has 0 aliphatic rings. The van der Waals surface area contributed by atoms with Crippen molar-refractivity contribution in [2.24, 2.45) is 0 Å². The second-order valence-corrected chi connectivity index (χ2v) is 3.71. The Bertz CT molecular complexity index is 393. The first kappa shape index (κ1) is 13.7. The van der Waals surface area contributed by atoms with Crippen molar-refractivity contribution in [2.45, 2.75) is 13.5 Å². The summed E-state index contributed by atoms with van der Waals surface area (Å²) < 4.78 is 0. The molecular weight excluding hydrogens is 214 g/mol. The molecule has 0 radical (unpaired) electrons. The van der Waals surface area contributed by atoms with Gasteiger partial charge in [0.1, 0.15) is 6.61 Å². The number of aliphatic hydroxyl groups excluding tert-OH is 2. The first-order valence-electron chi connectivity index (χ1n) is 5.82. The van der Waals surface area contributed by atoms with Crippen molar-refractivity contribution >= 4 is 0 Å². The highest BCUT2D eigenvalue weighted by Crippen LogP contribution is 2.10. The predicted octanol–water partition coefficient (Wildman–Crippen LogP) is 0.845. The van der Waals surface area contributed by atoms with E-state index in [2.05, 4.69) is 23.7 Å². The standard InChI is InChI=1S/C14H19NO2/c1-2-15(9-11-17)12-14-7-4-3-6-13(14)8-5-10-16/h3-4,6-7,16-17H,2,9-12H2,1H3. The number of hydrogen-bond acceptors (Lipinski definition) is 3. The van der Waals surface area contributed by atoms with Crippen LogP contribution in [0, 0.1) is 11.8 Å². The van der Waals surface area contributed by atoms with Crippen LogP contribution in [0.1, 0.15) is 18.1 Å². The van der Waals surface area contributed by atoms with Crippen LogP contribution >= 0.6 is 0 Å². The monoisotopic (exact) mass is 233 g/mol. The average Bonchev–Trinajstić information content (AvgIpc) is 2.37. The maximum atomic E-state index is 8.95. The van der Waals surface area contributed by atoms with E-state index in [1.54, 1.807) is 0 Å². The molecule has 1 rings (SSSR count). The fourth-order valence-electron chi connectivity index (χ4n) is 1.65. The lowest BCUT2D eigenvalue weighted by Crippen LogP contribution is -2.26. The molecule has 0 aromatic heterocycles. The molecule has 0 amide bonds. The highest BCUT2D eigenvalue weighted by molar-refractivity contribution is 5.41. The number of rotatable bonds is 5. The molecule has 0 atom stereocenters. The van der Waals surface area contributed by atoms with Crippen molar-refractivity contribution in [2.75, 3.05) is 26.3 Å². The quantitative estimate of drug-likeness (QED) is 0.741. The zero-order chi connectivity index (χ0) is 12.5. The Balaban J connectivity index is 2.81. The van der Waals surface area contributed by atoms with E-state index in [9.17, 15) is 0 Å². The van der Waals surface area contributed by atoms with E-state index in [4.69, 9.17) is 10.2 Å². The maximum Gasteiger partial charge on any atom is 0.104 e.